The van der Waals surface area contributed by atoms with Crippen molar-refractivity contribution >= 4 is 0 Å². The smallest absolute Gasteiger partial charge is 0.226 e. The summed E-state index contributed by atoms with van der Waals surface area (Å²) in [7, 11) is 0. The maximum absolute atomic E-state index is 5.38. The number of aryl methyl sites for hydroxylation is 1. The monoisotopic (exact) mass is 199 g/mol. The van der Waals surface area contributed by atoms with E-state index in [-0.39, 0.29) is 6.10 Å². The van der Waals surface area contributed by atoms with E-state index in [0.29, 0.717) is 24.9 Å². The SMILES string of the molecule is CCOC(C)c1noc(CCCN)n1. The van der Waals surface area contributed by atoms with Crippen LogP contribution >= 0.6 is 0 Å². The quantitative estimate of drug-likeness (QED) is 0.741. The maximum Gasteiger partial charge on any atom is 0.226 e. The van der Waals surface area contributed by atoms with Gasteiger partial charge in [0, 0.05) is 13.0 Å². The number of hydrogen-bond acceptors (Lipinski definition) is 5. The van der Waals surface area contributed by atoms with Crippen LogP contribution < -0.4 is 5.73 Å². The Morgan fingerprint density at radius 1 is 1.57 bits per heavy atom. The first-order chi connectivity index (χ1) is 6.77. The van der Waals surface area contributed by atoms with Crippen LogP contribution in [0.4, 0.5) is 0 Å². The lowest BCUT2D eigenvalue weighted by molar-refractivity contribution is 0.0683. The van der Waals surface area contributed by atoms with E-state index in [2.05, 4.69) is 10.1 Å². The standard InChI is InChI=1S/C9H17N3O2/c1-3-13-7(2)9-11-8(14-12-9)5-4-6-10/h7H,3-6,10H2,1-2H3. The molecule has 5 nitrogen and oxygen atoms in total. The van der Waals surface area contributed by atoms with Gasteiger partial charge in [-0.2, -0.15) is 4.98 Å². The molecule has 0 saturated heterocycles. The Kier molecular flexibility index (Phi) is 4.55. The number of ether oxygens (including phenoxy) is 1. The zero-order chi connectivity index (χ0) is 10.4. The Labute approximate surface area is 83.6 Å². The molecule has 0 aliphatic heterocycles. The molecule has 0 saturated carbocycles. The Hall–Kier alpha value is -0.940. The third-order valence-corrected chi connectivity index (χ3v) is 1.86. The first-order valence-corrected chi connectivity index (χ1v) is 4.92. The van der Waals surface area contributed by atoms with Gasteiger partial charge in [-0.3, -0.25) is 0 Å². The minimum Gasteiger partial charge on any atom is -0.371 e. The van der Waals surface area contributed by atoms with Gasteiger partial charge in [0.2, 0.25) is 5.89 Å². The summed E-state index contributed by atoms with van der Waals surface area (Å²) in [6, 6.07) is 0. The van der Waals surface area contributed by atoms with E-state index in [1.807, 2.05) is 13.8 Å². The van der Waals surface area contributed by atoms with Crippen LogP contribution in [-0.4, -0.2) is 23.3 Å². The van der Waals surface area contributed by atoms with Crippen molar-refractivity contribution in [1.29, 1.82) is 0 Å². The van der Waals surface area contributed by atoms with Gasteiger partial charge in [0.1, 0.15) is 6.10 Å². The molecule has 0 radical (unpaired) electrons. The molecule has 0 bridgehead atoms. The van der Waals surface area contributed by atoms with E-state index in [4.69, 9.17) is 15.0 Å². The zero-order valence-electron chi connectivity index (χ0n) is 8.69. The zero-order valence-corrected chi connectivity index (χ0v) is 8.69. The van der Waals surface area contributed by atoms with Gasteiger partial charge in [0.15, 0.2) is 5.82 Å². The van der Waals surface area contributed by atoms with E-state index in [9.17, 15) is 0 Å². The van der Waals surface area contributed by atoms with Crippen molar-refractivity contribution < 1.29 is 9.26 Å². The third-order valence-electron chi connectivity index (χ3n) is 1.86. The van der Waals surface area contributed by atoms with E-state index in [1.165, 1.54) is 0 Å². The van der Waals surface area contributed by atoms with Crippen molar-refractivity contribution in [3.8, 4) is 0 Å². The normalized spacial score (nSPS) is 13.1. The molecule has 0 aliphatic rings. The lowest BCUT2D eigenvalue weighted by Crippen LogP contribution is -2.02. The molecular weight excluding hydrogens is 182 g/mol. The van der Waals surface area contributed by atoms with E-state index < -0.39 is 0 Å². The Morgan fingerprint density at radius 3 is 3.00 bits per heavy atom. The molecule has 1 aromatic heterocycles. The average molecular weight is 199 g/mol. The maximum atomic E-state index is 5.38. The Balaban J connectivity index is 2.49. The molecule has 1 atom stereocenters. The Bertz CT molecular complexity index is 262. The lowest BCUT2D eigenvalue weighted by atomic mass is 10.3. The highest BCUT2D eigenvalue weighted by Gasteiger charge is 2.12. The number of nitrogens with zero attached hydrogens (tertiary/aromatic N) is 2. The van der Waals surface area contributed by atoms with Crippen LogP contribution in [0.5, 0.6) is 0 Å². The predicted molar refractivity (Wildman–Crippen MR) is 51.7 cm³/mol. The van der Waals surface area contributed by atoms with Crippen molar-refractivity contribution in [1.82, 2.24) is 10.1 Å². The van der Waals surface area contributed by atoms with Gasteiger partial charge in [0.25, 0.3) is 0 Å². The van der Waals surface area contributed by atoms with Gasteiger partial charge in [-0.25, -0.2) is 0 Å². The van der Waals surface area contributed by atoms with E-state index in [0.717, 1.165) is 12.8 Å². The van der Waals surface area contributed by atoms with E-state index in [1.54, 1.807) is 0 Å². The second-order valence-corrected chi connectivity index (χ2v) is 3.04. The van der Waals surface area contributed by atoms with Crippen LogP contribution in [0.15, 0.2) is 4.52 Å². The van der Waals surface area contributed by atoms with Crippen LogP contribution in [0.25, 0.3) is 0 Å². The summed E-state index contributed by atoms with van der Waals surface area (Å²) in [5.41, 5.74) is 5.38. The summed E-state index contributed by atoms with van der Waals surface area (Å²) >= 11 is 0. The van der Waals surface area contributed by atoms with Crippen molar-refractivity contribution in [3.05, 3.63) is 11.7 Å². The molecule has 80 valence electrons. The summed E-state index contributed by atoms with van der Waals surface area (Å²) in [5.74, 6) is 1.25. The van der Waals surface area contributed by atoms with Gasteiger partial charge in [-0.05, 0) is 26.8 Å². The fourth-order valence-electron chi connectivity index (χ4n) is 1.11. The predicted octanol–water partition coefficient (Wildman–Crippen LogP) is 1.06. The molecule has 2 N–H and O–H groups in total. The topological polar surface area (TPSA) is 74.2 Å². The van der Waals surface area contributed by atoms with E-state index >= 15 is 0 Å². The molecule has 0 amide bonds. The van der Waals surface area contributed by atoms with Crippen LogP contribution in [0.1, 0.15) is 38.1 Å². The first-order valence-electron chi connectivity index (χ1n) is 4.92. The second kappa shape index (κ2) is 5.72. The molecule has 0 aromatic carbocycles. The van der Waals surface area contributed by atoms with Gasteiger partial charge in [-0.1, -0.05) is 5.16 Å². The summed E-state index contributed by atoms with van der Waals surface area (Å²) in [5, 5.41) is 3.84. The summed E-state index contributed by atoms with van der Waals surface area (Å²) in [6.07, 6.45) is 1.50. The van der Waals surface area contributed by atoms with Gasteiger partial charge < -0.3 is 15.0 Å². The lowest BCUT2D eigenvalue weighted by Gasteiger charge is -2.04. The fourth-order valence-corrected chi connectivity index (χ4v) is 1.11. The molecule has 0 aliphatic carbocycles. The molecule has 5 heteroatoms. The summed E-state index contributed by atoms with van der Waals surface area (Å²) < 4.78 is 10.4. The van der Waals surface area contributed by atoms with Crippen molar-refractivity contribution in [3.63, 3.8) is 0 Å². The Morgan fingerprint density at radius 2 is 2.36 bits per heavy atom. The minimum atomic E-state index is -0.102. The summed E-state index contributed by atoms with van der Waals surface area (Å²) in [4.78, 5) is 4.21. The molecule has 0 fully saturated rings. The van der Waals surface area contributed by atoms with Crippen molar-refractivity contribution in [2.45, 2.75) is 32.8 Å². The van der Waals surface area contributed by atoms with Crippen molar-refractivity contribution in [2.75, 3.05) is 13.2 Å². The molecule has 1 heterocycles. The second-order valence-electron chi connectivity index (χ2n) is 3.04. The van der Waals surface area contributed by atoms with Crippen molar-refractivity contribution in [2.24, 2.45) is 5.73 Å². The highest BCUT2D eigenvalue weighted by Crippen LogP contribution is 2.12. The van der Waals surface area contributed by atoms with Crippen LogP contribution in [0.3, 0.4) is 0 Å². The molecule has 1 rings (SSSR count). The van der Waals surface area contributed by atoms with Gasteiger partial charge in [-0.15, -0.1) is 0 Å². The number of hydrogen-bond donors (Lipinski definition) is 1. The molecule has 0 spiro atoms. The largest absolute Gasteiger partial charge is 0.371 e. The van der Waals surface area contributed by atoms with Crippen LogP contribution in [0.2, 0.25) is 0 Å². The molecule has 1 unspecified atom stereocenters. The number of nitrogens with two attached hydrogens (primary N) is 1. The summed E-state index contributed by atoms with van der Waals surface area (Å²) in [6.45, 7) is 5.12. The highest BCUT2D eigenvalue weighted by atomic mass is 16.5. The fraction of sp³-hybridized carbons (Fsp3) is 0.778. The third kappa shape index (κ3) is 3.08. The number of rotatable bonds is 6. The average Bonchev–Trinajstić information content (AvgIpc) is 2.63. The van der Waals surface area contributed by atoms with Crippen LogP contribution in [0, 0.1) is 0 Å². The molecular formula is C9H17N3O2. The first kappa shape index (κ1) is 11.1. The highest BCUT2D eigenvalue weighted by molar-refractivity contribution is 4.89. The minimum absolute atomic E-state index is 0.102. The van der Waals surface area contributed by atoms with Crippen LogP contribution in [-0.2, 0) is 11.2 Å². The molecule has 14 heavy (non-hydrogen) atoms. The number of aromatic nitrogens is 2. The molecule has 1 aromatic rings. The van der Waals surface area contributed by atoms with Gasteiger partial charge in [0.05, 0.1) is 0 Å². The van der Waals surface area contributed by atoms with Gasteiger partial charge >= 0.3 is 0 Å².